The molecule has 1 heterocycles. The van der Waals surface area contributed by atoms with Crippen LogP contribution in [0.25, 0.3) is 0 Å². The van der Waals surface area contributed by atoms with E-state index in [9.17, 15) is 13.2 Å². The van der Waals surface area contributed by atoms with E-state index in [2.05, 4.69) is 10.6 Å². The predicted octanol–water partition coefficient (Wildman–Crippen LogP) is 0.283. The van der Waals surface area contributed by atoms with Crippen molar-refractivity contribution in [2.75, 3.05) is 18.6 Å². The summed E-state index contributed by atoms with van der Waals surface area (Å²) >= 11 is 0. The zero-order valence-electron chi connectivity index (χ0n) is 11.3. The predicted molar refractivity (Wildman–Crippen MR) is 80.7 cm³/mol. The van der Waals surface area contributed by atoms with Gasteiger partial charge in [-0.15, -0.1) is 12.4 Å². The lowest BCUT2D eigenvalue weighted by atomic mass is 9.95. The van der Waals surface area contributed by atoms with Crippen LogP contribution in [-0.2, 0) is 27.6 Å². The third-order valence-corrected chi connectivity index (χ3v) is 4.12. The van der Waals surface area contributed by atoms with Crippen LogP contribution in [0.15, 0.2) is 24.3 Å². The molecule has 0 saturated heterocycles. The van der Waals surface area contributed by atoms with E-state index in [0.717, 1.165) is 6.26 Å². The van der Waals surface area contributed by atoms with E-state index in [-0.39, 0.29) is 36.7 Å². The third kappa shape index (κ3) is 4.77. The van der Waals surface area contributed by atoms with Crippen LogP contribution in [0.4, 0.5) is 0 Å². The molecular weight excluding hydrogens is 300 g/mol. The number of amides is 1. The molecular formula is C13H19ClN2O3S. The highest BCUT2D eigenvalue weighted by Crippen LogP contribution is 2.16. The molecule has 5 nitrogen and oxygen atoms in total. The SMILES string of the molecule is CS(=O)(=O)CCNC(=O)C1Cc2ccccc2CN1.Cl. The number of hydrogen-bond donors (Lipinski definition) is 2. The molecule has 1 aliphatic rings. The molecule has 0 aliphatic carbocycles. The maximum Gasteiger partial charge on any atom is 0.237 e. The molecule has 2 N–H and O–H groups in total. The zero-order chi connectivity index (χ0) is 13.9. The fourth-order valence-electron chi connectivity index (χ4n) is 2.12. The van der Waals surface area contributed by atoms with Gasteiger partial charge in [0.2, 0.25) is 5.91 Å². The van der Waals surface area contributed by atoms with Crippen LogP contribution in [0.3, 0.4) is 0 Å². The molecule has 0 aromatic heterocycles. The summed E-state index contributed by atoms with van der Waals surface area (Å²) in [6.07, 6.45) is 1.80. The van der Waals surface area contributed by atoms with Crippen molar-refractivity contribution in [3.8, 4) is 0 Å². The highest BCUT2D eigenvalue weighted by Gasteiger charge is 2.23. The number of carbonyl (C=O) groups is 1. The minimum absolute atomic E-state index is 0. The number of sulfone groups is 1. The van der Waals surface area contributed by atoms with Gasteiger partial charge in [-0.3, -0.25) is 4.79 Å². The second-order valence-corrected chi connectivity index (χ2v) is 7.09. The fraction of sp³-hybridized carbons (Fsp3) is 0.462. The number of halogens is 1. The minimum Gasteiger partial charge on any atom is -0.354 e. The van der Waals surface area contributed by atoms with Crippen LogP contribution >= 0.6 is 12.4 Å². The van der Waals surface area contributed by atoms with E-state index in [4.69, 9.17) is 0 Å². The summed E-state index contributed by atoms with van der Waals surface area (Å²) in [4.78, 5) is 11.9. The Hall–Kier alpha value is -1.11. The molecule has 1 aromatic rings. The van der Waals surface area contributed by atoms with E-state index in [1.54, 1.807) is 0 Å². The van der Waals surface area contributed by atoms with Gasteiger partial charge >= 0.3 is 0 Å². The molecule has 7 heteroatoms. The van der Waals surface area contributed by atoms with Crippen LogP contribution in [0.2, 0.25) is 0 Å². The van der Waals surface area contributed by atoms with Crippen molar-refractivity contribution in [2.45, 2.75) is 19.0 Å². The molecule has 2 rings (SSSR count). The first-order chi connectivity index (χ1) is 8.96. The second kappa shape index (κ2) is 7.06. The Morgan fingerprint density at radius 2 is 2.00 bits per heavy atom. The summed E-state index contributed by atoms with van der Waals surface area (Å²) in [6, 6.07) is 7.72. The number of hydrogen-bond acceptors (Lipinski definition) is 4. The lowest BCUT2D eigenvalue weighted by molar-refractivity contribution is -0.123. The first-order valence-corrected chi connectivity index (χ1v) is 8.27. The Bertz CT molecular complexity index is 575. The Morgan fingerprint density at radius 3 is 2.65 bits per heavy atom. The summed E-state index contributed by atoms with van der Waals surface area (Å²) < 4.78 is 22.0. The average molecular weight is 319 g/mol. The van der Waals surface area contributed by atoms with Crippen LogP contribution in [0, 0.1) is 0 Å². The van der Waals surface area contributed by atoms with Gasteiger partial charge in [0.05, 0.1) is 11.8 Å². The van der Waals surface area contributed by atoms with Gasteiger partial charge in [0.1, 0.15) is 9.84 Å². The molecule has 1 aliphatic heterocycles. The zero-order valence-corrected chi connectivity index (χ0v) is 12.9. The highest BCUT2D eigenvalue weighted by atomic mass is 35.5. The fourth-order valence-corrected chi connectivity index (χ4v) is 2.60. The molecule has 20 heavy (non-hydrogen) atoms. The summed E-state index contributed by atoms with van der Waals surface area (Å²) in [7, 11) is -3.03. The standard InChI is InChI=1S/C13H18N2O3S.ClH/c1-19(17,18)7-6-14-13(16)12-8-10-4-2-3-5-11(10)9-15-12;/h2-5,12,15H,6-9H2,1H3,(H,14,16);1H. The van der Waals surface area contributed by atoms with Gasteiger partial charge in [-0.1, -0.05) is 24.3 Å². The van der Waals surface area contributed by atoms with E-state index < -0.39 is 9.84 Å². The highest BCUT2D eigenvalue weighted by molar-refractivity contribution is 7.90. The Morgan fingerprint density at radius 1 is 1.35 bits per heavy atom. The first kappa shape index (κ1) is 16.9. The van der Waals surface area contributed by atoms with Crippen LogP contribution < -0.4 is 10.6 Å². The molecule has 0 spiro atoms. The van der Waals surface area contributed by atoms with Crippen LogP contribution in [0.5, 0.6) is 0 Å². The van der Waals surface area contributed by atoms with Crippen molar-refractivity contribution in [3.05, 3.63) is 35.4 Å². The van der Waals surface area contributed by atoms with Crippen LogP contribution in [-0.4, -0.2) is 38.9 Å². The monoisotopic (exact) mass is 318 g/mol. The Balaban J connectivity index is 0.00000200. The van der Waals surface area contributed by atoms with Crippen molar-refractivity contribution in [3.63, 3.8) is 0 Å². The molecule has 0 bridgehead atoms. The minimum atomic E-state index is -3.03. The molecule has 1 aromatic carbocycles. The van der Waals surface area contributed by atoms with Gasteiger partial charge in [0, 0.05) is 19.3 Å². The number of nitrogens with one attached hydrogen (secondary N) is 2. The maximum atomic E-state index is 11.9. The van der Waals surface area contributed by atoms with Crippen molar-refractivity contribution in [1.82, 2.24) is 10.6 Å². The van der Waals surface area contributed by atoms with Gasteiger partial charge in [-0.2, -0.15) is 0 Å². The van der Waals surface area contributed by atoms with E-state index in [0.29, 0.717) is 13.0 Å². The molecule has 0 saturated carbocycles. The van der Waals surface area contributed by atoms with Crippen molar-refractivity contribution in [1.29, 1.82) is 0 Å². The van der Waals surface area contributed by atoms with Crippen molar-refractivity contribution in [2.24, 2.45) is 0 Å². The molecule has 1 amide bonds. The molecule has 1 atom stereocenters. The molecule has 0 fully saturated rings. The summed E-state index contributed by atoms with van der Waals surface area (Å²) in [5.74, 6) is -0.166. The van der Waals surface area contributed by atoms with Gasteiger partial charge in [-0.25, -0.2) is 8.42 Å². The van der Waals surface area contributed by atoms with Crippen molar-refractivity contribution < 1.29 is 13.2 Å². The summed E-state index contributed by atoms with van der Waals surface area (Å²) in [5, 5.41) is 5.82. The smallest absolute Gasteiger partial charge is 0.237 e. The van der Waals surface area contributed by atoms with E-state index in [1.807, 2.05) is 24.3 Å². The lowest BCUT2D eigenvalue weighted by Gasteiger charge is -2.25. The number of rotatable bonds is 4. The summed E-state index contributed by atoms with van der Waals surface area (Å²) in [5.41, 5.74) is 2.38. The largest absolute Gasteiger partial charge is 0.354 e. The Labute approximate surface area is 125 Å². The summed E-state index contributed by atoms with van der Waals surface area (Å²) in [6.45, 7) is 0.831. The first-order valence-electron chi connectivity index (χ1n) is 6.21. The quantitative estimate of drug-likeness (QED) is 0.836. The van der Waals surface area contributed by atoms with Gasteiger partial charge in [0.25, 0.3) is 0 Å². The third-order valence-electron chi connectivity index (χ3n) is 3.17. The number of fused-ring (bicyclic) bond motifs is 1. The normalized spacial score (nSPS) is 17.8. The number of carbonyl (C=O) groups excluding carboxylic acids is 1. The van der Waals surface area contributed by atoms with Gasteiger partial charge in [0.15, 0.2) is 0 Å². The van der Waals surface area contributed by atoms with E-state index >= 15 is 0 Å². The second-order valence-electron chi connectivity index (χ2n) is 4.83. The van der Waals surface area contributed by atoms with Crippen molar-refractivity contribution >= 4 is 28.2 Å². The maximum absolute atomic E-state index is 11.9. The number of benzene rings is 1. The Kier molecular flexibility index (Phi) is 5.98. The molecule has 0 radical (unpaired) electrons. The van der Waals surface area contributed by atoms with Gasteiger partial charge in [-0.05, 0) is 17.5 Å². The average Bonchev–Trinajstić information content (AvgIpc) is 2.36. The molecule has 1 unspecified atom stereocenters. The lowest BCUT2D eigenvalue weighted by Crippen LogP contribution is -2.48. The van der Waals surface area contributed by atoms with E-state index in [1.165, 1.54) is 11.1 Å². The van der Waals surface area contributed by atoms with Gasteiger partial charge < -0.3 is 10.6 Å². The molecule has 112 valence electrons. The van der Waals surface area contributed by atoms with Crippen LogP contribution in [0.1, 0.15) is 11.1 Å². The topological polar surface area (TPSA) is 75.3 Å².